The van der Waals surface area contributed by atoms with Crippen molar-refractivity contribution in [1.82, 2.24) is 9.97 Å². The van der Waals surface area contributed by atoms with Crippen LogP contribution in [0.5, 0.6) is 0 Å². The third-order valence-corrected chi connectivity index (χ3v) is 4.61. The van der Waals surface area contributed by atoms with Gasteiger partial charge in [-0.3, -0.25) is 0 Å². The van der Waals surface area contributed by atoms with Gasteiger partial charge in [0.15, 0.2) is 0 Å². The first-order chi connectivity index (χ1) is 11.2. The molecule has 0 fully saturated rings. The molecule has 23 heavy (non-hydrogen) atoms. The van der Waals surface area contributed by atoms with Crippen molar-refractivity contribution < 1.29 is 9.90 Å². The van der Waals surface area contributed by atoms with Crippen LogP contribution in [0.2, 0.25) is 0 Å². The van der Waals surface area contributed by atoms with Crippen molar-refractivity contribution in [3.8, 4) is 0 Å². The lowest BCUT2D eigenvalue weighted by Gasteiger charge is -2.17. The standard InChI is InChI=1S/C17H19N3O2S/c21-16(22)9-8-15-19-14(11-23-15)5-1-4-13-7-6-12-3-2-10-18-17(12)20-13/h6-9,11H,1-5,10H2,(H,18,20)(H,21,22). The summed E-state index contributed by atoms with van der Waals surface area (Å²) in [7, 11) is 0. The molecule has 3 heterocycles. The van der Waals surface area contributed by atoms with Crippen LogP contribution in [0.3, 0.4) is 0 Å². The zero-order valence-electron chi connectivity index (χ0n) is 12.8. The van der Waals surface area contributed by atoms with Crippen molar-refractivity contribution in [3.63, 3.8) is 0 Å². The van der Waals surface area contributed by atoms with Gasteiger partial charge in [0.05, 0.1) is 5.69 Å². The zero-order valence-corrected chi connectivity index (χ0v) is 13.6. The molecule has 6 heteroatoms. The van der Waals surface area contributed by atoms with E-state index in [1.165, 1.54) is 29.4 Å². The summed E-state index contributed by atoms with van der Waals surface area (Å²) in [6, 6.07) is 4.30. The molecule has 0 amide bonds. The highest BCUT2D eigenvalue weighted by Crippen LogP contribution is 2.20. The first kappa shape index (κ1) is 15.7. The second-order valence-electron chi connectivity index (χ2n) is 5.54. The number of aliphatic carboxylic acids is 1. The van der Waals surface area contributed by atoms with Gasteiger partial charge in [0.25, 0.3) is 0 Å². The molecule has 0 spiro atoms. The summed E-state index contributed by atoms with van der Waals surface area (Å²) in [4.78, 5) is 19.6. The summed E-state index contributed by atoms with van der Waals surface area (Å²) < 4.78 is 0. The molecule has 0 aromatic carbocycles. The highest BCUT2D eigenvalue weighted by molar-refractivity contribution is 7.10. The van der Waals surface area contributed by atoms with Gasteiger partial charge >= 0.3 is 5.97 Å². The van der Waals surface area contributed by atoms with E-state index >= 15 is 0 Å². The van der Waals surface area contributed by atoms with E-state index in [4.69, 9.17) is 10.1 Å². The minimum atomic E-state index is -0.950. The molecule has 0 radical (unpaired) electrons. The fourth-order valence-corrected chi connectivity index (χ4v) is 3.36. The van der Waals surface area contributed by atoms with Gasteiger partial charge in [0.2, 0.25) is 0 Å². The van der Waals surface area contributed by atoms with Crippen LogP contribution < -0.4 is 5.32 Å². The summed E-state index contributed by atoms with van der Waals surface area (Å²) >= 11 is 1.47. The molecule has 1 aliphatic heterocycles. The number of carboxylic acid groups (broad SMARTS) is 1. The SMILES string of the molecule is O=C(O)C=Cc1nc(CCCc2ccc3c(n2)NCCC3)cs1. The van der Waals surface area contributed by atoms with Crippen molar-refractivity contribution >= 4 is 29.2 Å². The van der Waals surface area contributed by atoms with Crippen molar-refractivity contribution in [3.05, 3.63) is 45.5 Å². The Morgan fingerprint density at radius 1 is 1.30 bits per heavy atom. The molecule has 2 aromatic heterocycles. The Hall–Kier alpha value is -2.21. The third-order valence-electron chi connectivity index (χ3n) is 3.76. The third kappa shape index (κ3) is 4.39. The summed E-state index contributed by atoms with van der Waals surface area (Å²) in [5, 5.41) is 14.7. The van der Waals surface area contributed by atoms with Crippen LogP contribution in [0, 0.1) is 0 Å². The van der Waals surface area contributed by atoms with Crippen LogP contribution in [0.15, 0.2) is 23.6 Å². The Balaban J connectivity index is 1.52. The predicted molar refractivity (Wildman–Crippen MR) is 91.9 cm³/mol. The first-order valence-corrected chi connectivity index (χ1v) is 8.67. The highest BCUT2D eigenvalue weighted by atomic mass is 32.1. The number of aromatic nitrogens is 2. The zero-order chi connectivity index (χ0) is 16.1. The van der Waals surface area contributed by atoms with Gasteiger partial charge in [-0.1, -0.05) is 6.07 Å². The Morgan fingerprint density at radius 3 is 3.04 bits per heavy atom. The molecular weight excluding hydrogens is 310 g/mol. The number of thiazole rings is 1. The highest BCUT2D eigenvalue weighted by Gasteiger charge is 2.10. The number of nitrogens with zero attached hydrogens (tertiary/aromatic N) is 2. The van der Waals surface area contributed by atoms with E-state index in [1.807, 2.05) is 5.38 Å². The summed E-state index contributed by atoms with van der Waals surface area (Å²) in [5.74, 6) is 0.0948. The number of pyridine rings is 1. The van der Waals surface area contributed by atoms with Gasteiger partial charge in [0.1, 0.15) is 10.8 Å². The van der Waals surface area contributed by atoms with Crippen LogP contribution in [-0.4, -0.2) is 27.6 Å². The Morgan fingerprint density at radius 2 is 2.17 bits per heavy atom. The number of hydrogen-bond donors (Lipinski definition) is 2. The van der Waals surface area contributed by atoms with Gasteiger partial charge in [0, 0.05) is 23.7 Å². The lowest BCUT2D eigenvalue weighted by Crippen LogP contribution is -2.14. The van der Waals surface area contributed by atoms with Crippen LogP contribution >= 0.6 is 11.3 Å². The van der Waals surface area contributed by atoms with E-state index in [-0.39, 0.29) is 0 Å². The maximum atomic E-state index is 10.5. The van der Waals surface area contributed by atoms with Crippen molar-refractivity contribution in [2.24, 2.45) is 0 Å². The average Bonchev–Trinajstić information content (AvgIpc) is 3.01. The van der Waals surface area contributed by atoms with E-state index in [0.717, 1.165) is 60.5 Å². The first-order valence-electron chi connectivity index (χ1n) is 7.79. The molecule has 0 aliphatic carbocycles. The molecule has 2 aromatic rings. The molecule has 0 saturated heterocycles. The molecule has 5 nitrogen and oxygen atoms in total. The lowest BCUT2D eigenvalue weighted by molar-refractivity contribution is -0.131. The number of hydrogen-bond acceptors (Lipinski definition) is 5. The number of fused-ring (bicyclic) bond motifs is 1. The van der Waals surface area contributed by atoms with E-state index < -0.39 is 5.97 Å². The number of carbonyl (C=O) groups is 1. The van der Waals surface area contributed by atoms with Gasteiger partial charge in [-0.15, -0.1) is 11.3 Å². The van der Waals surface area contributed by atoms with Crippen molar-refractivity contribution in [2.45, 2.75) is 32.1 Å². The number of rotatable bonds is 6. The summed E-state index contributed by atoms with van der Waals surface area (Å²) in [6.07, 6.45) is 7.73. The number of anilines is 1. The van der Waals surface area contributed by atoms with E-state index in [1.54, 1.807) is 0 Å². The number of aryl methyl sites for hydroxylation is 3. The Bertz CT molecular complexity index is 724. The lowest BCUT2D eigenvalue weighted by atomic mass is 10.1. The van der Waals surface area contributed by atoms with Gasteiger partial charge in [-0.05, 0) is 49.8 Å². The van der Waals surface area contributed by atoms with Crippen LogP contribution in [0.4, 0.5) is 5.82 Å². The fourth-order valence-electron chi connectivity index (χ4n) is 2.62. The largest absolute Gasteiger partial charge is 0.478 e. The molecule has 0 bridgehead atoms. The Kier molecular flexibility index (Phi) is 5.02. The average molecular weight is 329 g/mol. The summed E-state index contributed by atoms with van der Waals surface area (Å²) in [5.41, 5.74) is 3.44. The minimum absolute atomic E-state index is 0.735. The molecule has 3 rings (SSSR count). The van der Waals surface area contributed by atoms with Gasteiger partial charge in [-0.2, -0.15) is 0 Å². The maximum absolute atomic E-state index is 10.5. The summed E-state index contributed by atoms with van der Waals surface area (Å²) in [6.45, 7) is 1.01. The van der Waals surface area contributed by atoms with Crippen molar-refractivity contribution in [1.29, 1.82) is 0 Å². The normalized spacial score (nSPS) is 13.7. The monoisotopic (exact) mass is 329 g/mol. The number of nitrogens with one attached hydrogen (secondary N) is 1. The molecule has 1 aliphatic rings. The molecule has 0 atom stereocenters. The molecule has 0 unspecified atom stereocenters. The fraction of sp³-hybridized carbons (Fsp3) is 0.353. The Labute approximate surface area is 139 Å². The van der Waals surface area contributed by atoms with Crippen LogP contribution in [-0.2, 0) is 24.1 Å². The quantitative estimate of drug-likeness (QED) is 0.796. The molecule has 0 saturated carbocycles. The topological polar surface area (TPSA) is 75.1 Å². The van der Waals surface area contributed by atoms with E-state index in [0.29, 0.717) is 0 Å². The minimum Gasteiger partial charge on any atom is -0.478 e. The van der Waals surface area contributed by atoms with Crippen LogP contribution in [0.1, 0.15) is 34.8 Å². The van der Waals surface area contributed by atoms with E-state index in [9.17, 15) is 4.79 Å². The van der Waals surface area contributed by atoms with Gasteiger partial charge in [-0.25, -0.2) is 14.8 Å². The molecule has 120 valence electrons. The maximum Gasteiger partial charge on any atom is 0.328 e. The molecule has 2 N–H and O–H groups in total. The second-order valence-corrected chi connectivity index (χ2v) is 6.43. The van der Waals surface area contributed by atoms with E-state index in [2.05, 4.69) is 22.4 Å². The smallest absolute Gasteiger partial charge is 0.328 e. The van der Waals surface area contributed by atoms with Gasteiger partial charge < -0.3 is 10.4 Å². The number of carboxylic acids is 1. The molecular formula is C17H19N3O2S. The predicted octanol–water partition coefficient (Wildman–Crippen LogP) is 3.17. The second kappa shape index (κ2) is 7.37. The van der Waals surface area contributed by atoms with Crippen LogP contribution in [0.25, 0.3) is 6.08 Å². The van der Waals surface area contributed by atoms with Crippen molar-refractivity contribution in [2.75, 3.05) is 11.9 Å².